The molecule has 0 fully saturated rings. The summed E-state index contributed by atoms with van der Waals surface area (Å²) in [6, 6.07) is 22.9. The summed E-state index contributed by atoms with van der Waals surface area (Å²) < 4.78 is 10.7. The summed E-state index contributed by atoms with van der Waals surface area (Å²) in [4.78, 5) is 31.1. The normalized spacial score (nSPS) is 10.8. The van der Waals surface area contributed by atoms with Gasteiger partial charge in [-0.05, 0) is 42.3 Å². The number of rotatable bonds is 8. The lowest BCUT2D eigenvalue weighted by atomic mass is 10.1. The van der Waals surface area contributed by atoms with Gasteiger partial charge in [0.1, 0.15) is 11.6 Å². The van der Waals surface area contributed by atoms with Crippen molar-refractivity contribution in [2.24, 2.45) is 0 Å². The Kier molecular flexibility index (Phi) is 6.60. The molecule has 32 heavy (non-hydrogen) atoms. The van der Waals surface area contributed by atoms with Gasteiger partial charge in [-0.2, -0.15) is 0 Å². The number of aromatic nitrogens is 2. The number of benzene rings is 3. The molecule has 6 heteroatoms. The van der Waals surface area contributed by atoms with E-state index >= 15 is 0 Å². The number of ether oxygens (including phenoxy) is 2. The minimum absolute atomic E-state index is 0.194. The van der Waals surface area contributed by atoms with Crippen LogP contribution >= 0.6 is 0 Å². The van der Waals surface area contributed by atoms with Crippen LogP contribution in [0.1, 0.15) is 19.8 Å². The highest BCUT2D eigenvalue weighted by molar-refractivity contribution is 5.87. The standard InChI is InChI=1S/C26H24N2O4/c1-2-31-25(30)9-6-14-32-22-13-12-19-15-21(11-10-20(19)16-22)26-27-23(17-24(29)28-26)18-7-4-3-5-8-18/h3-5,7-8,10-13,15-17H,2,6,9,14H2,1H3,(H,27,28,29). The maximum absolute atomic E-state index is 12.2. The third-order valence-electron chi connectivity index (χ3n) is 5.00. The van der Waals surface area contributed by atoms with Crippen LogP contribution in [0.5, 0.6) is 5.75 Å². The molecule has 0 aliphatic carbocycles. The molecule has 1 aromatic heterocycles. The van der Waals surface area contributed by atoms with Crippen molar-refractivity contribution in [3.8, 4) is 28.4 Å². The summed E-state index contributed by atoms with van der Waals surface area (Å²) >= 11 is 0. The summed E-state index contributed by atoms with van der Waals surface area (Å²) in [5.41, 5.74) is 2.16. The van der Waals surface area contributed by atoms with Gasteiger partial charge in [-0.15, -0.1) is 0 Å². The molecule has 0 aliphatic heterocycles. The fourth-order valence-electron chi connectivity index (χ4n) is 3.45. The first-order valence-corrected chi connectivity index (χ1v) is 10.6. The molecule has 0 radical (unpaired) electrons. The average Bonchev–Trinajstić information content (AvgIpc) is 2.82. The molecule has 0 spiro atoms. The molecule has 3 aromatic carbocycles. The highest BCUT2D eigenvalue weighted by atomic mass is 16.5. The van der Waals surface area contributed by atoms with Gasteiger partial charge in [0.15, 0.2) is 0 Å². The third kappa shape index (κ3) is 5.21. The second-order valence-electron chi connectivity index (χ2n) is 7.33. The fraction of sp³-hybridized carbons (Fsp3) is 0.192. The number of hydrogen-bond acceptors (Lipinski definition) is 5. The summed E-state index contributed by atoms with van der Waals surface area (Å²) in [6.07, 6.45) is 0.949. The van der Waals surface area contributed by atoms with Crippen molar-refractivity contribution >= 4 is 16.7 Å². The number of aromatic amines is 1. The van der Waals surface area contributed by atoms with Gasteiger partial charge in [0, 0.05) is 23.6 Å². The SMILES string of the molecule is CCOC(=O)CCCOc1ccc2cc(-c3nc(-c4ccccc4)cc(=O)[nH]3)ccc2c1. The van der Waals surface area contributed by atoms with E-state index in [9.17, 15) is 9.59 Å². The predicted octanol–water partition coefficient (Wildman–Crippen LogP) is 4.98. The molecule has 1 N–H and O–H groups in total. The number of esters is 1. The highest BCUT2D eigenvalue weighted by Gasteiger charge is 2.08. The molecule has 0 unspecified atom stereocenters. The summed E-state index contributed by atoms with van der Waals surface area (Å²) in [5, 5.41) is 2.02. The predicted molar refractivity (Wildman–Crippen MR) is 125 cm³/mol. The molecule has 162 valence electrons. The Bertz CT molecular complexity index is 1280. The average molecular weight is 428 g/mol. The molecule has 0 amide bonds. The first-order chi connectivity index (χ1) is 15.6. The summed E-state index contributed by atoms with van der Waals surface area (Å²) in [6.45, 7) is 2.63. The lowest BCUT2D eigenvalue weighted by Crippen LogP contribution is -2.08. The van der Waals surface area contributed by atoms with Crippen molar-refractivity contribution in [1.82, 2.24) is 9.97 Å². The van der Waals surface area contributed by atoms with Crippen molar-refractivity contribution in [3.05, 3.63) is 83.2 Å². The summed E-state index contributed by atoms with van der Waals surface area (Å²) in [7, 11) is 0. The van der Waals surface area contributed by atoms with Gasteiger partial charge in [0.05, 0.1) is 18.9 Å². The van der Waals surface area contributed by atoms with Crippen molar-refractivity contribution < 1.29 is 14.3 Å². The van der Waals surface area contributed by atoms with Crippen molar-refractivity contribution in [2.45, 2.75) is 19.8 Å². The van der Waals surface area contributed by atoms with Gasteiger partial charge in [0.2, 0.25) is 0 Å². The van der Waals surface area contributed by atoms with E-state index in [-0.39, 0.29) is 11.5 Å². The zero-order valence-corrected chi connectivity index (χ0v) is 17.8. The topological polar surface area (TPSA) is 81.3 Å². The molecule has 0 atom stereocenters. The lowest BCUT2D eigenvalue weighted by molar-refractivity contribution is -0.143. The first kappa shape index (κ1) is 21.3. The second kappa shape index (κ2) is 9.92. The van der Waals surface area contributed by atoms with E-state index < -0.39 is 0 Å². The molecule has 4 aromatic rings. The Morgan fingerprint density at radius 3 is 2.53 bits per heavy atom. The zero-order valence-electron chi connectivity index (χ0n) is 17.8. The number of nitrogens with zero attached hydrogens (tertiary/aromatic N) is 1. The molecular weight excluding hydrogens is 404 g/mol. The van der Waals surface area contributed by atoms with Crippen LogP contribution in [0.25, 0.3) is 33.4 Å². The number of carbonyl (C=O) groups excluding carboxylic acids is 1. The Morgan fingerprint density at radius 2 is 1.72 bits per heavy atom. The van der Waals surface area contributed by atoms with Crippen LogP contribution in [0.15, 0.2) is 77.6 Å². The van der Waals surface area contributed by atoms with Gasteiger partial charge < -0.3 is 14.5 Å². The van der Waals surface area contributed by atoms with E-state index in [1.165, 1.54) is 6.07 Å². The Morgan fingerprint density at radius 1 is 0.938 bits per heavy atom. The minimum atomic E-state index is -0.204. The third-order valence-corrected chi connectivity index (χ3v) is 5.00. The van der Waals surface area contributed by atoms with Gasteiger partial charge >= 0.3 is 5.97 Å². The maximum atomic E-state index is 12.2. The molecular formula is C26H24N2O4. The number of nitrogens with one attached hydrogen (secondary N) is 1. The maximum Gasteiger partial charge on any atom is 0.305 e. The lowest BCUT2D eigenvalue weighted by Gasteiger charge is -2.09. The van der Waals surface area contributed by atoms with Gasteiger partial charge in [-0.25, -0.2) is 4.98 Å². The van der Waals surface area contributed by atoms with E-state index in [4.69, 9.17) is 9.47 Å². The smallest absolute Gasteiger partial charge is 0.305 e. The van der Waals surface area contributed by atoms with Gasteiger partial charge in [-0.3, -0.25) is 9.59 Å². The van der Waals surface area contributed by atoms with Crippen molar-refractivity contribution in [1.29, 1.82) is 0 Å². The van der Waals surface area contributed by atoms with Crippen LogP contribution in [0, 0.1) is 0 Å². The molecule has 0 aliphatic rings. The number of H-pyrrole nitrogens is 1. The van der Waals surface area contributed by atoms with E-state index in [1.54, 1.807) is 6.92 Å². The van der Waals surface area contributed by atoms with Crippen LogP contribution in [-0.2, 0) is 9.53 Å². The van der Waals surface area contributed by atoms with Crippen LogP contribution in [0.3, 0.4) is 0 Å². The molecule has 4 rings (SSSR count). The quantitative estimate of drug-likeness (QED) is 0.316. The second-order valence-corrected chi connectivity index (χ2v) is 7.33. The van der Waals surface area contributed by atoms with E-state index in [2.05, 4.69) is 9.97 Å². The van der Waals surface area contributed by atoms with Crippen LogP contribution in [0.2, 0.25) is 0 Å². The monoisotopic (exact) mass is 428 g/mol. The summed E-state index contributed by atoms with van der Waals surface area (Å²) in [5.74, 6) is 1.06. The molecule has 0 saturated heterocycles. The molecule has 0 bridgehead atoms. The van der Waals surface area contributed by atoms with Crippen LogP contribution in [0.4, 0.5) is 0 Å². The Hall–Kier alpha value is -3.93. The van der Waals surface area contributed by atoms with Gasteiger partial charge in [-0.1, -0.05) is 48.5 Å². The largest absolute Gasteiger partial charge is 0.494 e. The van der Waals surface area contributed by atoms with E-state index in [0.29, 0.717) is 37.6 Å². The molecule has 1 heterocycles. The van der Waals surface area contributed by atoms with Crippen molar-refractivity contribution in [3.63, 3.8) is 0 Å². The number of fused-ring (bicyclic) bond motifs is 1. The Balaban J connectivity index is 1.51. The minimum Gasteiger partial charge on any atom is -0.494 e. The van der Waals surface area contributed by atoms with E-state index in [0.717, 1.165) is 27.6 Å². The Labute approximate surface area is 185 Å². The van der Waals surface area contributed by atoms with Crippen LogP contribution in [-0.4, -0.2) is 29.2 Å². The van der Waals surface area contributed by atoms with Crippen molar-refractivity contribution in [2.75, 3.05) is 13.2 Å². The highest BCUT2D eigenvalue weighted by Crippen LogP contribution is 2.26. The molecule has 6 nitrogen and oxygen atoms in total. The van der Waals surface area contributed by atoms with E-state index in [1.807, 2.05) is 66.7 Å². The number of carbonyl (C=O) groups is 1. The molecule has 0 saturated carbocycles. The van der Waals surface area contributed by atoms with Gasteiger partial charge in [0.25, 0.3) is 5.56 Å². The number of hydrogen-bond donors (Lipinski definition) is 1. The van der Waals surface area contributed by atoms with Crippen LogP contribution < -0.4 is 10.3 Å². The zero-order chi connectivity index (χ0) is 22.3. The fourth-order valence-corrected chi connectivity index (χ4v) is 3.45. The first-order valence-electron chi connectivity index (χ1n) is 10.6.